The van der Waals surface area contributed by atoms with Crippen LogP contribution >= 0.6 is 0 Å². The predicted octanol–water partition coefficient (Wildman–Crippen LogP) is 3.41. The van der Waals surface area contributed by atoms with E-state index < -0.39 is 0 Å². The summed E-state index contributed by atoms with van der Waals surface area (Å²) in [7, 11) is 0. The molecule has 0 radical (unpaired) electrons. The molecule has 1 aromatic carbocycles. The molecule has 1 fully saturated rings. The Morgan fingerprint density at radius 1 is 1.58 bits per heavy atom. The van der Waals surface area contributed by atoms with Crippen LogP contribution in [0.25, 0.3) is 0 Å². The molecule has 0 aliphatic carbocycles. The van der Waals surface area contributed by atoms with Crippen molar-refractivity contribution < 1.29 is 9.53 Å². The zero-order valence-corrected chi connectivity index (χ0v) is 11.3. The number of ether oxygens (including phenoxy) is 1. The molecule has 0 bridgehead atoms. The van der Waals surface area contributed by atoms with Gasteiger partial charge in [-0.05, 0) is 38.0 Å². The van der Waals surface area contributed by atoms with Gasteiger partial charge in [-0.25, -0.2) is 4.79 Å². The summed E-state index contributed by atoms with van der Waals surface area (Å²) < 4.78 is 4.95. The zero-order valence-electron chi connectivity index (χ0n) is 11.3. The number of anilines is 2. The van der Waals surface area contributed by atoms with E-state index in [0.717, 1.165) is 24.2 Å². The first-order valence-corrected chi connectivity index (χ1v) is 6.62. The lowest BCUT2D eigenvalue weighted by atomic mass is 10.1. The van der Waals surface area contributed by atoms with Gasteiger partial charge in [0.05, 0.1) is 6.54 Å². The van der Waals surface area contributed by atoms with Gasteiger partial charge in [0.1, 0.15) is 6.61 Å². The maximum Gasteiger partial charge on any atom is 0.414 e. The fourth-order valence-electron chi connectivity index (χ4n) is 2.12. The first kappa shape index (κ1) is 13.5. The highest BCUT2D eigenvalue weighted by Crippen LogP contribution is 2.23. The van der Waals surface area contributed by atoms with Gasteiger partial charge in [-0.15, -0.1) is 6.58 Å². The van der Waals surface area contributed by atoms with E-state index >= 15 is 0 Å². The van der Waals surface area contributed by atoms with Crippen molar-refractivity contribution in [3.8, 4) is 0 Å². The molecule has 2 rings (SSSR count). The monoisotopic (exact) mass is 260 g/mol. The Morgan fingerprint density at radius 2 is 2.42 bits per heavy atom. The fourth-order valence-corrected chi connectivity index (χ4v) is 2.12. The van der Waals surface area contributed by atoms with Crippen LogP contribution in [0.2, 0.25) is 0 Å². The number of nitrogens with zero attached hydrogens (tertiary/aromatic N) is 1. The first-order valence-electron chi connectivity index (χ1n) is 6.62. The Hall–Kier alpha value is -1.97. The average Bonchev–Trinajstić information content (AvgIpc) is 2.83. The second kappa shape index (κ2) is 6.27. The third kappa shape index (κ3) is 3.50. The Balaban J connectivity index is 2.02. The number of hydrogen-bond donors (Lipinski definition) is 1. The molecule has 1 unspecified atom stereocenters. The molecule has 1 aliphatic rings. The lowest BCUT2D eigenvalue weighted by molar-refractivity contribution is 0.181. The summed E-state index contributed by atoms with van der Waals surface area (Å²) in [5.41, 5.74) is 1.90. The second-order valence-electron chi connectivity index (χ2n) is 4.73. The number of allylic oxidation sites excluding steroid dienone is 1. The number of cyclic esters (lactones) is 1. The van der Waals surface area contributed by atoms with Crippen molar-refractivity contribution in [1.29, 1.82) is 0 Å². The van der Waals surface area contributed by atoms with Crippen molar-refractivity contribution in [2.24, 2.45) is 0 Å². The van der Waals surface area contributed by atoms with Crippen molar-refractivity contribution in [2.75, 3.05) is 23.4 Å². The zero-order chi connectivity index (χ0) is 13.7. The molecule has 0 saturated carbocycles. The van der Waals surface area contributed by atoms with Gasteiger partial charge >= 0.3 is 6.09 Å². The first-order chi connectivity index (χ1) is 9.20. The minimum absolute atomic E-state index is 0.267. The average molecular weight is 260 g/mol. The van der Waals surface area contributed by atoms with Gasteiger partial charge in [-0.3, -0.25) is 4.90 Å². The van der Waals surface area contributed by atoms with Crippen LogP contribution < -0.4 is 10.2 Å². The Labute approximate surface area is 114 Å². The van der Waals surface area contributed by atoms with Gasteiger partial charge in [-0.2, -0.15) is 0 Å². The highest BCUT2D eigenvalue weighted by Gasteiger charge is 2.23. The molecule has 102 valence electrons. The molecular formula is C15H20N2O2. The fraction of sp³-hybridized carbons (Fsp3) is 0.400. The van der Waals surface area contributed by atoms with E-state index in [0.29, 0.717) is 19.2 Å². The normalized spacial score (nSPS) is 16.1. The summed E-state index contributed by atoms with van der Waals surface area (Å²) in [5, 5.41) is 3.43. The standard InChI is InChI=1S/C15H20N2O2/c1-3-4-6-12(2)16-13-7-5-8-14(11-13)17-9-10-19-15(17)18/h3,5,7-8,11-12,16H,1,4,6,9-10H2,2H3. The van der Waals surface area contributed by atoms with Crippen molar-refractivity contribution in [1.82, 2.24) is 0 Å². The number of carbonyl (C=O) groups is 1. The van der Waals surface area contributed by atoms with Crippen molar-refractivity contribution in [3.63, 3.8) is 0 Å². The van der Waals surface area contributed by atoms with Crippen LogP contribution in [0.15, 0.2) is 36.9 Å². The van der Waals surface area contributed by atoms with E-state index in [1.807, 2.05) is 30.3 Å². The van der Waals surface area contributed by atoms with Crippen LogP contribution in [0.4, 0.5) is 16.2 Å². The molecule has 1 aromatic rings. The third-order valence-corrected chi connectivity index (χ3v) is 3.14. The molecule has 0 aromatic heterocycles. The van der Waals surface area contributed by atoms with E-state index in [-0.39, 0.29) is 6.09 Å². The quantitative estimate of drug-likeness (QED) is 0.797. The van der Waals surface area contributed by atoms with E-state index in [2.05, 4.69) is 18.8 Å². The van der Waals surface area contributed by atoms with E-state index in [1.165, 1.54) is 0 Å². The van der Waals surface area contributed by atoms with Gasteiger partial charge in [0, 0.05) is 17.4 Å². The summed E-state index contributed by atoms with van der Waals surface area (Å²) in [6.45, 7) is 6.95. The predicted molar refractivity (Wildman–Crippen MR) is 77.7 cm³/mol. The second-order valence-corrected chi connectivity index (χ2v) is 4.73. The molecule has 0 spiro atoms. The topological polar surface area (TPSA) is 41.6 Å². The van der Waals surface area contributed by atoms with Crippen molar-refractivity contribution in [3.05, 3.63) is 36.9 Å². The number of carbonyl (C=O) groups excluding carboxylic acids is 1. The highest BCUT2D eigenvalue weighted by molar-refractivity contribution is 5.89. The molecule has 1 N–H and O–H groups in total. The summed E-state index contributed by atoms with van der Waals surface area (Å²) >= 11 is 0. The molecule has 4 nitrogen and oxygen atoms in total. The van der Waals surface area contributed by atoms with Crippen LogP contribution in [-0.2, 0) is 4.74 Å². The van der Waals surface area contributed by atoms with Crippen LogP contribution in [0.3, 0.4) is 0 Å². The van der Waals surface area contributed by atoms with Gasteiger partial charge in [0.2, 0.25) is 0 Å². The van der Waals surface area contributed by atoms with Crippen LogP contribution in [-0.4, -0.2) is 25.3 Å². The van der Waals surface area contributed by atoms with Crippen molar-refractivity contribution in [2.45, 2.75) is 25.8 Å². The molecular weight excluding hydrogens is 240 g/mol. The van der Waals surface area contributed by atoms with E-state index in [1.54, 1.807) is 4.90 Å². The molecule has 1 saturated heterocycles. The SMILES string of the molecule is C=CCCC(C)Nc1cccc(N2CCOC2=O)c1. The van der Waals surface area contributed by atoms with Gasteiger partial charge in [-0.1, -0.05) is 12.1 Å². The molecule has 4 heteroatoms. The maximum atomic E-state index is 11.5. The van der Waals surface area contributed by atoms with Crippen molar-refractivity contribution >= 4 is 17.5 Å². The molecule has 1 amide bonds. The van der Waals surface area contributed by atoms with E-state index in [9.17, 15) is 4.79 Å². The minimum atomic E-state index is -0.267. The molecule has 1 atom stereocenters. The highest BCUT2D eigenvalue weighted by atomic mass is 16.6. The molecule has 1 aliphatic heterocycles. The molecule has 1 heterocycles. The number of hydrogen-bond acceptors (Lipinski definition) is 3. The van der Waals surface area contributed by atoms with E-state index in [4.69, 9.17) is 4.74 Å². The summed E-state index contributed by atoms with van der Waals surface area (Å²) in [6.07, 6.45) is 3.69. The lowest BCUT2D eigenvalue weighted by Gasteiger charge is -2.17. The summed E-state index contributed by atoms with van der Waals surface area (Å²) in [4.78, 5) is 13.2. The Bertz CT molecular complexity index is 459. The number of amides is 1. The Morgan fingerprint density at radius 3 is 3.11 bits per heavy atom. The number of benzene rings is 1. The largest absolute Gasteiger partial charge is 0.447 e. The minimum Gasteiger partial charge on any atom is -0.447 e. The number of rotatable bonds is 6. The van der Waals surface area contributed by atoms with Gasteiger partial charge in [0.15, 0.2) is 0 Å². The lowest BCUT2D eigenvalue weighted by Crippen LogP contribution is -2.23. The van der Waals surface area contributed by atoms with Gasteiger partial charge in [0.25, 0.3) is 0 Å². The summed E-state index contributed by atoms with van der Waals surface area (Å²) in [5.74, 6) is 0. The smallest absolute Gasteiger partial charge is 0.414 e. The van der Waals surface area contributed by atoms with Crippen LogP contribution in [0, 0.1) is 0 Å². The summed E-state index contributed by atoms with van der Waals surface area (Å²) in [6, 6.07) is 8.24. The third-order valence-electron chi connectivity index (χ3n) is 3.14. The number of nitrogens with one attached hydrogen (secondary N) is 1. The molecule has 19 heavy (non-hydrogen) atoms. The maximum absolute atomic E-state index is 11.5. The van der Waals surface area contributed by atoms with Crippen LogP contribution in [0.1, 0.15) is 19.8 Å². The van der Waals surface area contributed by atoms with Gasteiger partial charge < -0.3 is 10.1 Å². The van der Waals surface area contributed by atoms with Crippen LogP contribution in [0.5, 0.6) is 0 Å². The Kier molecular flexibility index (Phi) is 4.44.